The molecule has 0 aliphatic rings. The molecule has 1 aromatic rings. The molecule has 120 valence electrons. The Kier molecular flexibility index (Phi) is 5.20. The minimum atomic E-state index is -3.80. The van der Waals surface area contributed by atoms with Crippen LogP contribution >= 0.6 is 0 Å². The Morgan fingerprint density at radius 1 is 1.14 bits per heavy atom. The molecule has 0 spiro atoms. The van der Waals surface area contributed by atoms with Crippen LogP contribution in [0.15, 0.2) is 21.9 Å². The minimum absolute atomic E-state index is 0.00530. The number of nitrogens with zero attached hydrogens (tertiary/aromatic N) is 1. The number of hydrogen-bond acceptors (Lipinski definition) is 5. The van der Waals surface area contributed by atoms with Gasteiger partial charge in [-0.2, -0.15) is 4.31 Å². The Hall–Kier alpha value is -0.960. The number of nitrogens with two attached hydrogens (primary N) is 1. The molecule has 0 amide bonds. The van der Waals surface area contributed by atoms with Crippen molar-refractivity contribution >= 4 is 19.9 Å². The van der Waals surface area contributed by atoms with Gasteiger partial charge in [-0.15, -0.1) is 0 Å². The highest BCUT2D eigenvalue weighted by molar-refractivity contribution is 7.91. The molecular formula is C13H22N2O4S2. The van der Waals surface area contributed by atoms with Crippen molar-refractivity contribution in [2.75, 3.05) is 19.8 Å². The summed E-state index contributed by atoms with van der Waals surface area (Å²) in [6, 6.07) is 2.59. The van der Waals surface area contributed by atoms with Crippen molar-refractivity contribution < 1.29 is 16.8 Å². The topological polar surface area (TPSA) is 97.5 Å². The van der Waals surface area contributed by atoms with Crippen molar-refractivity contribution in [3.8, 4) is 0 Å². The van der Waals surface area contributed by atoms with Gasteiger partial charge in [-0.1, -0.05) is 0 Å². The Morgan fingerprint density at radius 2 is 1.62 bits per heavy atom. The van der Waals surface area contributed by atoms with Crippen molar-refractivity contribution in [2.45, 2.75) is 36.6 Å². The Balaban J connectivity index is 3.62. The van der Waals surface area contributed by atoms with Crippen molar-refractivity contribution in [3.05, 3.63) is 23.3 Å². The van der Waals surface area contributed by atoms with Crippen LogP contribution in [0.4, 0.5) is 0 Å². The molecule has 21 heavy (non-hydrogen) atoms. The average Bonchev–Trinajstić information content (AvgIpc) is 2.37. The summed E-state index contributed by atoms with van der Waals surface area (Å²) in [5.74, 6) is 0. The molecule has 0 fully saturated rings. The van der Waals surface area contributed by atoms with E-state index in [2.05, 4.69) is 0 Å². The molecule has 0 heterocycles. The van der Waals surface area contributed by atoms with E-state index in [1.54, 1.807) is 13.8 Å². The van der Waals surface area contributed by atoms with Gasteiger partial charge in [-0.25, -0.2) is 16.8 Å². The highest BCUT2D eigenvalue weighted by Crippen LogP contribution is 2.27. The zero-order valence-corrected chi connectivity index (χ0v) is 14.5. The number of sulfonamides is 1. The molecule has 2 N–H and O–H groups in total. The Morgan fingerprint density at radius 3 is 2.05 bits per heavy atom. The van der Waals surface area contributed by atoms with E-state index in [0.29, 0.717) is 5.56 Å². The average molecular weight is 334 g/mol. The fourth-order valence-corrected chi connectivity index (χ4v) is 4.82. The first-order valence-corrected chi connectivity index (χ1v) is 9.75. The summed E-state index contributed by atoms with van der Waals surface area (Å²) < 4.78 is 50.1. The van der Waals surface area contributed by atoms with Crippen molar-refractivity contribution in [1.82, 2.24) is 4.31 Å². The van der Waals surface area contributed by atoms with Crippen LogP contribution in [0.5, 0.6) is 0 Å². The number of benzene rings is 1. The minimum Gasteiger partial charge on any atom is -0.329 e. The summed E-state index contributed by atoms with van der Waals surface area (Å²) in [6.45, 7) is 5.04. The van der Waals surface area contributed by atoms with Crippen LogP contribution in [-0.4, -0.2) is 47.0 Å². The van der Waals surface area contributed by atoms with Crippen LogP contribution in [-0.2, 0) is 19.9 Å². The predicted molar refractivity (Wildman–Crippen MR) is 82.5 cm³/mol. The summed E-state index contributed by atoms with van der Waals surface area (Å²) >= 11 is 0. The molecule has 1 aromatic carbocycles. The van der Waals surface area contributed by atoms with E-state index in [1.165, 1.54) is 30.4 Å². The molecule has 0 bridgehead atoms. The lowest BCUT2D eigenvalue weighted by Crippen LogP contribution is -2.40. The van der Waals surface area contributed by atoms with Crippen molar-refractivity contribution in [1.29, 1.82) is 0 Å². The zero-order valence-electron chi connectivity index (χ0n) is 12.9. The van der Waals surface area contributed by atoms with E-state index >= 15 is 0 Å². The van der Waals surface area contributed by atoms with E-state index in [0.717, 1.165) is 6.26 Å². The molecule has 8 heteroatoms. The lowest BCUT2D eigenvalue weighted by Gasteiger charge is -2.24. The molecule has 0 saturated carbocycles. The van der Waals surface area contributed by atoms with Gasteiger partial charge in [-0.3, -0.25) is 0 Å². The standard InChI is InChI=1S/C13H22N2O4S2/c1-9-6-12(20(5,16)17)11(3)13(7-9)21(18,19)15(4)10(2)8-14/h6-7,10H,8,14H2,1-5H3. The summed E-state index contributed by atoms with van der Waals surface area (Å²) in [4.78, 5) is 0.0422. The second kappa shape index (κ2) is 6.04. The van der Waals surface area contributed by atoms with Crippen LogP contribution < -0.4 is 5.73 Å². The van der Waals surface area contributed by atoms with Gasteiger partial charge in [0.25, 0.3) is 0 Å². The summed E-state index contributed by atoms with van der Waals surface area (Å²) in [5.41, 5.74) is 6.33. The second-order valence-corrected chi connectivity index (χ2v) is 9.21. The van der Waals surface area contributed by atoms with Crippen LogP contribution in [0.1, 0.15) is 18.1 Å². The van der Waals surface area contributed by atoms with E-state index in [4.69, 9.17) is 5.73 Å². The molecule has 6 nitrogen and oxygen atoms in total. The van der Waals surface area contributed by atoms with Gasteiger partial charge in [0.05, 0.1) is 9.79 Å². The van der Waals surface area contributed by atoms with E-state index < -0.39 is 19.9 Å². The quantitative estimate of drug-likeness (QED) is 0.854. The zero-order chi connectivity index (χ0) is 16.6. The molecule has 1 unspecified atom stereocenters. The van der Waals surface area contributed by atoms with Crippen LogP contribution in [0.25, 0.3) is 0 Å². The largest absolute Gasteiger partial charge is 0.329 e. The van der Waals surface area contributed by atoms with E-state index in [-0.39, 0.29) is 27.9 Å². The Bertz CT molecular complexity index is 740. The van der Waals surface area contributed by atoms with Gasteiger partial charge in [0.15, 0.2) is 9.84 Å². The monoisotopic (exact) mass is 334 g/mol. The molecule has 0 saturated heterocycles. The maximum atomic E-state index is 12.7. The van der Waals surface area contributed by atoms with Gasteiger partial charge in [-0.05, 0) is 44.0 Å². The number of sulfone groups is 1. The third-order valence-corrected chi connectivity index (χ3v) is 6.80. The molecule has 0 aromatic heterocycles. The lowest BCUT2D eigenvalue weighted by molar-refractivity contribution is 0.394. The Labute approximate surface area is 126 Å². The third-order valence-electron chi connectivity index (χ3n) is 3.48. The fourth-order valence-electron chi connectivity index (χ4n) is 1.99. The van der Waals surface area contributed by atoms with Gasteiger partial charge in [0.2, 0.25) is 10.0 Å². The molecule has 0 radical (unpaired) electrons. The maximum Gasteiger partial charge on any atom is 0.243 e. The molecule has 1 atom stereocenters. The van der Waals surface area contributed by atoms with Gasteiger partial charge < -0.3 is 5.73 Å². The third kappa shape index (κ3) is 3.63. The molecule has 0 aliphatic heterocycles. The lowest BCUT2D eigenvalue weighted by atomic mass is 10.2. The first-order valence-electron chi connectivity index (χ1n) is 6.42. The molecular weight excluding hydrogens is 312 g/mol. The first-order chi connectivity index (χ1) is 9.42. The predicted octanol–water partition coefficient (Wildman–Crippen LogP) is 0.675. The van der Waals surface area contributed by atoms with E-state index in [1.807, 2.05) is 0 Å². The van der Waals surface area contributed by atoms with Crippen LogP contribution in [0.3, 0.4) is 0 Å². The van der Waals surface area contributed by atoms with Gasteiger partial charge >= 0.3 is 0 Å². The van der Waals surface area contributed by atoms with Gasteiger partial charge in [0, 0.05) is 25.9 Å². The summed E-state index contributed by atoms with van der Waals surface area (Å²) in [6.07, 6.45) is 1.07. The molecule has 1 rings (SSSR count). The fraction of sp³-hybridized carbons (Fsp3) is 0.538. The van der Waals surface area contributed by atoms with E-state index in [9.17, 15) is 16.8 Å². The smallest absolute Gasteiger partial charge is 0.243 e. The highest BCUT2D eigenvalue weighted by Gasteiger charge is 2.28. The number of aryl methyl sites for hydroxylation is 1. The number of hydrogen-bond donors (Lipinski definition) is 1. The maximum absolute atomic E-state index is 12.7. The van der Waals surface area contributed by atoms with Crippen molar-refractivity contribution in [3.63, 3.8) is 0 Å². The van der Waals surface area contributed by atoms with Crippen LogP contribution in [0.2, 0.25) is 0 Å². The second-order valence-electron chi connectivity index (χ2n) is 5.26. The first kappa shape index (κ1) is 18.1. The van der Waals surface area contributed by atoms with Crippen LogP contribution in [0, 0.1) is 13.8 Å². The SMILES string of the molecule is Cc1cc(S(C)(=O)=O)c(C)c(S(=O)(=O)N(C)C(C)CN)c1. The number of rotatable bonds is 5. The number of likely N-dealkylation sites (N-methyl/N-ethyl adjacent to an activating group) is 1. The summed E-state index contributed by atoms with van der Waals surface area (Å²) in [7, 11) is -5.86. The van der Waals surface area contributed by atoms with Gasteiger partial charge in [0.1, 0.15) is 0 Å². The highest BCUT2D eigenvalue weighted by atomic mass is 32.2. The van der Waals surface area contributed by atoms with Crippen molar-refractivity contribution in [2.24, 2.45) is 5.73 Å². The summed E-state index contributed by atoms with van der Waals surface area (Å²) in [5, 5.41) is 0. The molecule has 0 aliphatic carbocycles. The normalized spacial score (nSPS) is 14.4.